The van der Waals surface area contributed by atoms with Crippen LogP contribution in [0.25, 0.3) is 0 Å². The Morgan fingerprint density at radius 3 is 2.78 bits per heavy atom. The van der Waals surface area contributed by atoms with E-state index in [2.05, 4.69) is 22.2 Å². The van der Waals surface area contributed by atoms with Crippen LogP contribution in [0, 0.1) is 0 Å². The molecule has 0 bridgehead atoms. The normalized spacial score (nSPS) is 10.3. The lowest BCUT2D eigenvalue weighted by molar-refractivity contribution is 0.456. The first-order chi connectivity index (χ1) is 8.88. The number of hydrogen-bond acceptors (Lipinski definition) is 4. The summed E-state index contributed by atoms with van der Waals surface area (Å²) < 4.78 is 5.62. The zero-order chi connectivity index (χ0) is 12.6. The second-order valence-electron chi connectivity index (χ2n) is 3.94. The summed E-state index contributed by atoms with van der Waals surface area (Å²) in [5.74, 6) is 1.29. The molecule has 0 spiro atoms. The molecule has 0 amide bonds. The van der Waals surface area contributed by atoms with Gasteiger partial charge in [0.05, 0.1) is 11.9 Å². The predicted molar refractivity (Wildman–Crippen MR) is 70.5 cm³/mol. The van der Waals surface area contributed by atoms with E-state index in [-0.39, 0.29) is 0 Å². The molecule has 94 valence electrons. The van der Waals surface area contributed by atoms with E-state index in [9.17, 15) is 0 Å². The smallest absolute Gasteiger partial charge is 0.238 e. The minimum absolute atomic E-state index is 0.525. The van der Waals surface area contributed by atoms with Crippen molar-refractivity contribution in [2.24, 2.45) is 0 Å². The second kappa shape index (κ2) is 6.71. The monoisotopic (exact) mass is 243 g/mol. The standard InChI is InChI=1S/C14H17N3O/c1-2-8-15-9-12-10-16-11-14(17-12)18-13-6-4-3-5-7-13/h3-7,10-11,15H,2,8-9H2,1H3. The van der Waals surface area contributed by atoms with E-state index in [0.29, 0.717) is 12.4 Å². The van der Waals surface area contributed by atoms with Gasteiger partial charge in [0.1, 0.15) is 5.75 Å². The Kier molecular flexibility index (Phi) is 4.67. The lowest BCUT2D eigenvalue weighted by Crippen LogP contribution is -2.15. The first-order valence-corrected chi connectivity index (χ1v) is 6.13. The minimum Gasteiger partial charge on any atom is -0.437 e. The van der Waals surface area contributed by atoms with E-state index >= 15 is 0 Å². The van der Waals surface area contributed by atoms with Crippen LogP contribution >= 0.6 is 0 Å². The van der Waals surface area contributed by atoms with Crippen molar-refractivity contribution in [3.63, 3.8) is 0 Å². The third kappa shape index (κ3) is 3.82. The van der Waals surface area contributed by atoms with Crippen molar-refractivity contribution in [3.05, 3.63) is 48.4 Å². The van der Waals surface area contributed by atoms with Gasteiger partial charge in [0, 0.05) is 12.7 Å². The maximum absolute atomic E-state index is 5.62. The van der Waals surface area contributed by atoms with Crippen LogP contribution in [-0.4, -0.2) is 16.5 Å². The van der Waals surface area contributed by atoms with Crippen LogP contribution in [0.3, 0.4) is 0 Å². The molecule has 0 aliphatic carbocycles. The third-order valence-corrected chi connectivity index (χ3v) is 2.36. The number of nitrogens with zero attached hydrogens (tertiary/aromatic N) is 2. The fourth-order valence-electron chi connectivity index (χ4n) is 1.52. The average molecular weight is 243 g/mol. The van der Waals surface area contributed by atoms with E-state index in [0.717, 1.165) is 24.4 Å². The summed E-state index contributed by atoms with van der Waals surface area (Å²) in [5.41, 5.74) is 0.886. The number of rotatable bonds is 6. The van der Waals surface area contributed by atoms with E-state index < -0.39 is 0 Å². The van der Waals surface area contributed by atoms with Crippen LogP contribution in [-0.2, 0) is 6.54 Å². The van der Waals surface area contributed by atoms with Crippen LogP contribution in [0.4, 0.5) is 0 Å². The number of nitrogens with one attached hydrogen (secondary N) is 1. The number of ether oxygens (including phenoxy) is 1. The molecule has 0 aliphatic heterocycles. The minimum atomic E-state index is 0.525. The molecule has 1 aromatic heterocycles. The van der Waals surface area contributed by atoms with Gasteiger partial charge in [0.2, 0.25) is 5.88 Å². The highest BCUT2D eigenvalue weighted by Gasteiger charge is 2.01. The van der Waals surface area contributed by atoms with Crippen LogP contribution in [0.1, 0.15) is 19.0 Å². The van der Waals surface area contributed by atoms with Gasteiger partial charge < -0.3 is 10.1 Å². The van der Waals surface area contributed by atoms with Gasteiger partial charge in [-0.15, -0.1) is 0 Å². The number of para-hydroxylation sites is 1. The Morgan fingerprint density at radius 1 is 1.17 bits per heavy atom. The molecule has 0 aliphatic rings. The van der Waals surface area contributed by atoms with E-state index in [1.54, 1.807) is 12.4 Å². The van der Waals surface area contributed by atoms with Crippen molar-refractivity contribution in [1.82, 2.24) is 15.3 Å². The van der Waals surface area contributed by atoms with Gasteiger partial charge in [-0.3, -0.25) is 4.98 Å². The summed E-state index contributed by atoms with van der Waals surface area (Å²) in [7, 11) is 0. The van der Waals surface area contributed by atoms with Gasteiger partial charge in [-0.2, -0.15) is 0 Å². The molecule has 0 atom stereocenters. The zero-order valence-electron chi connectivity index (χ0n) is 10.5. The first kappa shape index (κ1) is 12.5. The van der Waals surface area contributed by atoms with Gasteiger partial charge >= 0.3 is 0 Å². The van der Waals surface area contributed by atoms with Crippen molar-refractivity contribution in [2.75, 3.05) is 6.54 Å². The molecule has 0 saturated carbocycles. The van der Waals surface area contributed by atoms with Crippen molar-refractivity contribution < 1.29 is 4.74 Å². The van der Waals surface area contributed by atoms with Crippen molar-refractivity contribution >= 4 is 0 Å². The number of hydrogen-bond donors (Lipinski definition) is 1. The van der Waals surface area contributed by atoms with E-state index in [1.165, 1.54) is 0 Å². The molecule has 0 radical (unpaired) electrons. The molecule has 1 heterocycles. The Balaban J connectivity index is 1.99. The molecule has 2 aromatic rings. The van der Waals surface area contributed by atoms with Gasteiger partial charge in [-0.1, -0.05) is 25.1 Å². The Morgan fingerprint density at radius 2 is 2.00 bits per heavy atom. The molecule has 4 heteroatoms. The molecule has 18 heavy (non-hydrogen) atoms. The molecule has 2 rings (SSSR count). The summed E-state index contributed by atoms with van der Waals surface area (Å²) in [6.07, 6.45) is 4.48. The SMILES string of the molecule is CCCNCc1cncc(Oc2ccccc2)n1. The van der Waals surface area contributed by atoms with Crippen LogP contribution in [0.2, 0.25) is 0 Å². The van der Waals surface area contributed by atoms with Crippen molar-refractivity contribution in [3.8, 4) is 11.6 Å². The molecular weight excluding hydrogens is 226 g/mol. The highest BCUT2D eigenvalue weighted by atomic mass is 16.5. The van der Waals surface area contributed by atoms with Crippen molar-refractivity contribution in [1.29, 1.82) is 0 Å². The van der Waals surface area contributed by atoms with Gasteiger partial charge in [-0.25, -0.2) is 4.98 Å². The molecule has 1 N–H and O–H groups in total. The largest absolute Gasteiger partial charge is 0.437 e. The van der Waals surface area contributed by atoms with Crippen LogP contribution in [0.5, 0.6) is 11.6 Å². The summed E-state index contributed by atoms with van der Waals surface area (Å²) >= 11 is 0. The topological polar surface area (TPSA) is 47.0 Å². The lowest BCUT2D eigenvalue weighted by Gasteiger charge is -2.06. The maximum Gasteiger partial charge on any atom is 0.238 e. The average Bonchev–Trinajstić information content (AvgIpc) is 2.41. The third-order valence-electron chi connectivity index (χ3n) is 2.36. The van der Waals surface area contributed by atoms with Gasteiger partial charge in [0.25, 0.3) is 0 Å². The summed E-state index contributed by atoms with van der Waals surface area (Å²) in [5, 5.41) is 3.28. The molecule has 0 fully saturated rings. The lowest BCUT2D eigenvalue weighted by atomic mass is 10.3. The molecule has 4 nitrogen and oxygen atoms in total. The first-order valence-electron chi connectivity index (χ1n) is 6.13. The molecule has 0 unspecified atom stereocenters. The molecular formula is C14H17N3O. The van der Waals surface area contributed by atoms with Crippen LogP contribution < -0.4 is 10.1 Å². The Labute approximate surface area is 107 Å². The van der Waals surface area contributed by atoms with Crippen LogP contribution in [0.15, 0.2) is 42.7 Å². The Bertz CT molecular complexity index is 473. The maximum atomic E-state index is 5.62. The van der Waals surface area contributed by atoms with E-state index in [1.807, 2.05) is 30.3 Å². The highest BCUT2D eigenvalue weighted by Crippen LogP contribution is 2.17. The van der Waals surface area contributed by atoms with E-state index in [4.69, 9.17) is 4.74 Å². The molecule has 1 aromatic carbocycles. The summed E-state index contributed by atoms with van der Waals surface area (Å²) in [4.78, 5) is 8.52. The number of aromatic nitrogens is 2. The summed E-state index contributed by atoms with van der Waals surface area (Å²) in [6.45, 7) is 3.83. The second-order valence-corrected chi connectivity index (χ2v) is 3.94. The van der Waals surface area contributed by atoms with Gasteiger partial charge in [-0.05, 0) is 25.1 Å². The number of benzene rings is 1. The van der Waals surface area contributed by atoms with Crippen molar-refractivity contribution in [2.45, 2.75) is 19.9 Å². The Hall–Kier alpha value is -1.94. The molecule has 0 saturated heterocycles. The highest BCUT2D eigenvalue weighted by molar-refractivity contribution is 5.25. The fraction of sp³-hybridized carbons (Fsp3) is 0.286. The quantitative estimate of drug-likeness (QED) is 0.792. The van der Waals surface area contributed by atoms with Gasteiger partial charge in [0.15, 0.2) is 0 Å². The zero-order valence-corrected chi connectivity index (χ0v) is 10.5. The fourth-order valence-corrected chi connectivity index (χ4v) is 1.52. The summed E-state index contributed by atoms with van der Waals surface area (Å²) in [6, 6.07) is 9.59. The predicted octanol–water partition coefficient (Wildman–Crippen LogP) is 2.77.